The second-order valence-electron chi connectivity index (χ2n) is 12.0. The number of aromatic nitrogens is 3. The van der Waals surface area contributed by atoms with E-state index in [1.165, 1.54) is 5.56 Å². The fourth-order valence-electron chi connectivity index (χ4n) is 5.76. The van der Waals surface area contributed by atoms with Gasteiger partial charge in [0.15, 0.2) is 0 Å². The van der Waals surface area contributed by atoms with E-state index in [0.29, 0.717) is 13.1 Å². The van der Waals surface area contributed by atoms with E-state index in [4.69, 9.17) is 5.10 Å². The normalized spacial score (nSPS) is 12.7. The van der Waals surface area contributed by atoms with Crippen molar-refractivity contribution in [3.8, 4) is 22.5 Å². The van der Waals surface area contributed by atoms with E-state index in [1.807, 2.05) is 42.7 Å². The van der Waals surface area contributed by atoms with Crippen molar-refractivity contribution in [2.75, 3.05) is 12.8 Å². The standard InChI is InChI=1S/C40H40FN5S/c1-6-27(24-42-25-28-12-9-8-10-13-28)18-30(7-2)31-16-17-38-36(22-31)40(46-45-38)39-23-35-34(14-11-15-37(35)44-39)32-19-29(20-33(41)21-32)26-43-47(3,4)5/h6-23,42-44H,1,3-4,24-26H2,2,5H3,(H,45,46)/b27-18+,30-7+. The summed E-state index contributed by atoms with van der Waals surface area (Å²) >= 11 is 0. The average molecular weight is 642 g/mol. The Morgan fingerprint density at radius 2 is 1.72 bits per heavy atom. The predicted octanol–water partition coefficient (Wildman–Crippen LogP) is 9.13. The molecule has 0 aliphatic carbocycles. The van der Waals surface area contributed by atoms with Crippen molar-refractivity contribution in [2.24, 2.45) is 0 Å². The third-order valence-electron chi connectivity index (χ3n) is 8.12. The number of nitrogens with one attached hydrogen (secondary N) is 4. The highest BCUT2D eigenvalue weighted by molar-refractivity contribution is 8.25. The summed E-state index contributed by atoms with van der Waals surface area (Å²) in [5.41, 5.74) is 10.8. The maximum Gasteiger partial charge on any atom is 0.124 e. The topological polar surface area (TPSA) is 68.5 Å². The van der Waals surface area contributed by atoms with Crippen LogP contribution < -0.4 is 10.0 Å². The number of H-pyrrole nitrogens is 2. The van der Waals surface area contributed by atoms with E-state index in [2.05, 4.69) is 106 Å². The second kappa shape index (κ2) is 13.8. The van der Waals surface area contributed by atoms with Crippen molar-refractivity contribution in [3.63, 3.8) is 0 Å². The lowest BCUT2D eigenvalue weighted by Gasteiger charge is -2.12. The van der Waals surface area contributed by atoms with Gasteiger partial charge in [0.2, 0.25) is 0 Å². The Morgan fingerprint density at radius 3 is 2.49 bits per heavy atom. The van der Waals surface area contributed by atoms with Crippen molar-refractivity contribution in [3.05, 3.63) is 144 Å². The molecule has 0 aliphatic rings. The van der Waals surface area contributed by atoms with Gasteiger partial charge in [-0.2, -0.15) is 14.5 Å². The molecular formula is C40H40FN5S. The fraction of sp³-hybridized carbons (Fsp3) is 0.125. The summed E-state index contributed by atoms with van der Waals surface area (Å²) in [5, 5.41) is 13.5. The SMILES string of the molecule is C=C/C(=C\C(=C/C)c1ccc2[nH]nc(-c3cc4c(-c5cc(F)cc(CNS(=C)(=C)C)c5)cccc4[nH]3)c2c1)CNCc1ccccc1. The number of hydrogen-bond acceptors (Lipinski definition) is 3. The van der Waals surface area contributed by atoms with Gasteiger partial charge in [0.25, 0.3) is 0 Å². The van der Waals surface area contributed by atoms with E-state index in [1.54, 1.807) is 12.1 Å². The molecule has 47 heavy (non-hydrogen) atoms. The van der Waals surface area contributed by atoms with Gasteiger partial charge in [-0.1, -0.05) is 85.1 Å². The van der Waals surface area contributed by atoms with Gasteiger partial charge in [-0.3, -0.25) is 9.82 Å². The van der Waals surface area contributed by atoms with E-state index >= 15 is 0 Å². The Balaban J connectivity index is 1.30. The summed E-state index contributed by atoms with van der Waals surface area (Å²) in [6, 6.07) is 30.1. The van der Waals surface area contributed by atoms with Crippen molar-refractivity contribution in [1.29, 1.82) is 0 Å². The molecule has 0 spiro atoms. The molecule has 0 saturated carbocycles. The Hall–Kier alpha value is -4.95. The summed E-state index contributed by atoms with van der Waals surface area (Å²) in [4.78, 5) is 3.57. The van der Waals surface area contributed by atoms with Crippen LogP contribution in [0.3, 0.4) is 0 Å². The van der Waals surface area contributed by atoms with Crippen LogP contribution in [0, 0.1) is 5.82 Å². The maximum absolute atomic E-state index is 14.8. The van der Waals surface area contributed by atoms with Crippen LogP contribution in [0.2, 0.25) is 0 Å². The summed E-state index contributed by atoms with van der Waals surface area (Å²) in [6.07, 6.45) is 8.18. The van der Waals surface area contributed by atoms with Crippen LogP contribution in [0.4, 0.5) is 4.39 Å². The zero-order chi connectivity index (χ0) is 33.0. The Morgan fingerprint density at radius 1 is 0.894 bits per heavy atom. The molecule has 238 valence electrons. The van der Waals surface area contributed by atoms with E-state index in [9.17, 15) is 4.39 Å². The minimum absolute atomic E-state index is 0.275. The highest BCUT2D eigenvalue weighted by Gasteiger charge is 2.15. The predicted molar refractivity (Wildman–Crippen MR) is 203 cm³/mol. The van der Waals surface area contributed by atoms with Gasteiger partial charge in [-0.25, -0.2) is 4.39 Å². The van der Waals surface area contributed by atoms with Crippen molar-refractivity contribution < 1.29 is 4.39 Å². The Bertz CT molecular complexity index is 2240. The molecule has 0 aliphatic heterocycles. The molecule has 0 atom stereocenters. The first kappa shape index (κ1) is 32.0. The van der Waals surface area contributed by atoms with Crippen LogP contribution in [0.25, 0.3) is 49.9 Å². The van der Waals surface area contributed by atoms with Gasteiger partial charge in [-0.15, -0.1) is 0 Å². The first-order valence-electron chi connectivity index (χ1n) is 15.5. The van der Waals surface area contributed by atoms with E-state index in [0.717, 1.165) is 73.1 Å². The number of fused-ring (bicyclic) bond motifs is 2. The largest absolute Gasteiger partial charge is 0.353 e. The molecule has 0 saturated heterocycles. The molecule has 0 bridgehead atoms. The number of rotatable bonds is 12. The highest BCUT2D eigenvalue weighted by Crippen LogP contribution is 2.35. The minimum atomic E-state index is -1.42. The number of allylic oxidation sites excluding steroid dienone is 3. The minimum Gasteiger partial charge on any atom is -0.353 e. The molecule has 4 aromatic carbocycles. The van der Waals surface area contributed by atoms with Crippen molar-refractivity contribution in [1.82, 2.24) is 25.2 Å². The number of halogens is 1. The smallest absolute Gasteiger partial charge is 0.124 e. The third-order valence-corrected chi connectivity index (χ3v) is 8.97. The van der Waals surface area contributed by atoms with E-state index in [-0.39, 0.29) is 5.82 Å². The van der Waals surface area contributed by atoms with Gasteiger partial charge < -0.3 is 10.3 Å². The van der Waals surface area contributed by atoms with Crippen molar-refractivity contribution in [2.45, 2.75) is 20.0 Å². The second-order valence-corrected chi connectivity index (χ2v) is 14.8. The van der Waals surface area contributed by atoms with Gasteiger partial charge in [0.05, 0.1) is 11.2 Å². The van der Waals surface area contributed by atoms with Crippen LogP contribution in [0.15, 0.2) is 121 Å². The molecule has 0 amide bonds. The summed E-state index contributed by atoms with van der Waals surface area (Å²) < 4.78 is 18.1. The van der Waals surface area contributed by atoms with Crippen LogP contribution in [-0.4, -0.2) is 39.7 Å². The van der Waals surface area contributed by atoms with Crippen LogP contribution in [-0.2, 0) is 13.1 Å². The Kier molecular flexibility index (Phi) is 9.41. The maximum atomic E-state index is 14.8. The van der Waals surface area contributed by atoms with E-state index < -0.39 is 9.39 Å². The van der Waals surface area contributed by atoms with Crippen LogP contribution in [0.5, 0.6) is 0 Å². The highest BCUT2D eigenvalue weighted by atomic mass is 32.2. The van der Waals surface area contributed by atoms with Crippen molar-refractivity contribution >= 4 is 48.5 Å². The number of benzene rings is 4. The molecule has 2 aromatic heterocycles. The summed E-state index contributed by atoms with van der Waals surface area (Å²) in [6.45, 7) is 8.11. The van der Waals surface area contributed by atoms with Gasteiger partial charge in [0.1, 0.15) is 11.5 Å². The van der Waals surface area contributed by atoms with Gasteiger partial charge in [-0.05, 0) is 94.6 Å². The monoisotopic (exact) mass is 641 g/mol. The molecule has 5 nitrogen and oxygen atoms in total. The third kappa shape index (κ3) is 7.55. The average Bonchev–Trinajstić information content (AvgIpc) is 3.69. The fourth-order valence-corrected chi connectivity index (χ4v) is 6.28. The quantitative estimate of drug-likeness (QED) is 0.0796. The molecule has 0 radical (unpaired) electrons. The molecular weight excluding hydrogens is 602 g/mol. The molecule has 6 rings (SSSR count). The Labute approximate surface area is 276 Å². The summed E-state index contributed by atoms with van der Waals surface area (Å²) in [5.74, 6) is 7.88. The number of aromatic amines is 2. The first-order chi connectivity index (χ1) is 22.7. The molecule has 7 heteroatoms. The lowest BCUT2D eigenvalue weighted by molar-refractivity contribution is 0.625. The first-order valence-corrected chi connectivity index (χ1v) is 17.9. The lowest BCUT2D eigenvalue weighted by Crippen LogP contribution is -2.15. The van der Waals surface area contributed by atoms with Crippen LogP contribution >= 0.6 is 9.39 Å². The van der Waals surface area contributed by atoms with Gasteiger partial charge >= 0.3 is 0 Å². The summed E-state index contributed by atoms with van der Waals surface area (Å²) in [7, 11) is -1.42. The molecule has 0 unspecified atom stereocenters. The zero-order valence-electron chi connectivity index (χ0n) is 26.9. The van der Waals surface area contributed by atoms with Gasteiger partial charge in [0, 0.05) is 35.9 Å². The van der Waals surface area contributed by atoms with Crippen LogP contribution in [0.1, 0.15) is 23.6 Å². The molecule has 0 fully saturated rings. The lowest BCUT2D eigenvalue weighted by atomic mass is 9.98. The number of nitrogens with zero attached hydrogens (tertiary/aromatic N) is 1. The zero-order valence-corrected chi connectivity index (χ0v) is 27.7. The molecule has 4 N–H and O–H groups in total. The number of hydrogen-bond donors (Lipinski definition) is 4. The molecule has 6 aromatic rings. The molecule has 2 heterocycles.